The van der Waals surface area contributed by atoms with Crippen LogP contribution in [-0.4, -0.2) is 39.6 Å². The van der Waals surface area contributed by atoms with E-state index < -0.39 is 0 Å². The van der Waals surface area contributed by atoms with E-state index in [1.807, 2.05) is 19.2 Å². The van der Waals surface area contributed by atoms with E-state index in [1.54, 1.807) is 17.8 Å². The average Bonchev–Trinajstić information content (AvgIpc) is 3.21. The third-order valence-corrected chi connectivity index (χ3v) is 5.19. The summed E-state index contributed by atoms with van der Waals surface area (Å²) in [6, 6.07) is 4.58. The first-order chi connectivity index (χ1) is 12.6. The summed E-state index contributed by atoms with van der Waals surface area (Å²) in [5.41, 5.74) is 5.46. The van der Waals surface area contributed by atoms with E-state index in [-0.39, 0.29) is 0 Å². The van der Waals surface area contributed by atoms with Crippen LogP contribution in [0.3, 0.4) is 0 Å². The van der Waals surface area contributed by atoms with Gasteiger partial charge in [0.05, 0.1) is 25.0 Å². The molecule has 0 atom stereocenters. The molecule has 26 heavy (non-hydrogen) atoms. The molecule has 7 nitrogen and oxygen atoms in total. The predicted molar refractivity (Wildman–Crippen MR) is 98.3 cm³/mol. The zero-order valence-electron chi connectivity index (χ0n) is 15.3. The second kappa shape index (κ2) is 6.46. The Kier molecular flexibility index (Phi) is 4.13. The highest BCUT2D eigenvalue weighted by Gasteiger charge is 2.23. The summed E-state index contributed by atoms with van der Waals surface area (Å²) >= 11 is 0. The Bertz CT molecular complexity index is 1000. The van der Waals surface area contributed by atoms with E-state index in [0.29, 0.717) is 22.9 Å². The third kappa shape index (κ3) is 2.54. The van der Waals surface area contributed by atoms with Crippen LogP contribution in [0, 0.1) is 25.2 Å². The number of fused-ring (bicyclic) bond motifs is 1. The Morgan fingerprint density at radius 3 is 2.77 bits per heavy atom. The van der Waals surface area contributed by atoms with Gasteiger partial charge in [0.15, 0.2) is 0 Å². The lowest BCUT2D eigenvalue weighted by molar-refractivity contribution is 0.337. The number of ether oxygens (including phenoxy) is 1. The van der Waals surface area contributed by atoms with Crippen molar-refractivity contribution in [2.24, 2.45) is 0 Å². The number of piperidine rings is 1. The van der Waals surface area contributed by atoms with Crippen LogP contribution in [0.5, 0.6) is 5.75 Å². The molecule has 134 valence electrons. The number of nitriles is 1. The van der Waals surface area contributed by atoms with Gasteiger partial charge >= 0.3 is 0 Å². The normalized spacial score (nSPS) is 15.3. The standard InChI is InChI=1S/C19H22N6O/c1-12-18(13(2)25(23-12)16-4-6-21-7-5-16)14-8-17(26-3)19-15(9-20)10-22-24(19)11-14/h8,10-11,16,21H,4-7H2,1-3H3. The fourth-order valence-corrected chi connectivity index (χ4v) is 3.95. The van der Waals surface area contributed by atoms with Crippen molar-refractivity contribution in [2.75, 3.05) is 20.2 Å². The lowest BCUT2D eigenvalue weighted by Gasteiger charge is -2.24. The van der Waals surface area contributed by atoms with Crippen LogP contribution in [0.1, 0.15) is 35.8 Å². The average molecular weight is 350 g/mol. The lowest BCUT2D eigenvalue weighted by atomic mass is 10.0. The number of hydrogen-bond donors (Lipinski definition) is 1. The molecule has 0 spiro atoms. The quantitative estimate of drug-likeness (QED) is 0.785. The van der Waals surface area contributed by atoms with E-state index >= 15 is 0 Å². The molecule has 1 saturated heterocycles. The van der Waals surface area contributed by atoms with E-state index in [9.17, 15) is 5.26 Å². The van der Waals surface area contributed by atoms with Gasteiger partial charge in [0, 0.05) is 23.0 Å². The molecule has 1 aliphatic rings. The molecular weight excluding hydrogens is 328 g/mol. The minimum atomic E-state index is 0.434. The van der Waals surface area contributed by atoms with Gasteiger partial charge in [-0.05, 0) is 45.8 Å². The van der Waals surface area contributed by atoms with E-state index in [4.69, 9.17) is 9.84 Å². The van der Waals surface area contributed by atoms with Gasteiger partial charge in [0.2, 0.25) is 0 Å². The molecule has 1 N–H and O–H groups in total. The van der Waals surface area contributed by atoms with Crippen molar-refractivity contribution in [3.8, 4) is 22.9 Å². The van der Waals surface area contributed by atoms with Crippen molar-refractivity contribution in [1.29, 1.82) is 5.26 Å². The zero-order valence-corrected chi connectivity index (χ0v) is 15.3. The van der Waals surface area contributed by atoms with Gasteiger partial charge < -0.3 is 10.1 Å². The molecule has 0 aromatic carbocycles. The number of pyridine rings is 1. The first-order valence-electron chi connectivity index (χ1n) is 8.86. The number of nitrogens with zero attached hydrogens (tertiary/aromatic N) is 5. The van der Waals surface area contributed by atoms with Crippen molar-refractivity contribution in [3.05, 3.63) is 35.4 Å². The Hall–Kier alpha value is -2.85. The van der Waals surface area contributed by atoms with E-state index in [1.165, 1.54) is 0 Å². The van der Waals surface area contributed by atoms with Crippen LogP contribution in [0.4, 0.5) is 0 Å². The summed E-state index contributed by atoms with van der Waals surface area (Å²) in [5, 5.41) is 21.8. The Labute approximate surface area is 152 Å². The van der Waals surface area contributed by atoms with Crippen LogP contribution in [0.25, 0.3) is 16.6 Å². The van der Waals surface area contributed by atoms with Gasteiger partial charge in [-0.2, -0.15) is 15.5 Å². The number of aromatic nitrogens is 4. The van der Waals surface area contributed by atoms with Crippen molar-refractivity contribution in [3.63, 3.8) is 0 Å². The van der Waals surface area contributed by atoms with Gasteiger partial charge in [-0.3, -0.25) is 4.68 Å². The highest BCUT2D eigenvalue weighted by atomic mass is 16.5. The molecule has 7 heteroatoms. The number of aryl methyl sites for hydroxylation is 1. The SMILES string of the molecule is COc1cc(-c2c(C)nn(C3CCNCC3)c2C)cn2ncc(C#N)c12. The highest BCUT2D eigenvalue weighted by molar-refractivity contribution is 5.77. The second-order valence-electron chi connectivity index (χ2n) is 6.73. The highest BCUT2D eigenvalue weighted by Crippen LogP contribution is 2.34. The monoisotopic (exact) mass is 350 g/mol. The molecule has 1 fully saturated rings. The maximum atomic E-state index is 9.29. The molecular formula is C19H22N6O. The molecule has 4 heterocycles. The van der Waals surface area contributed by atoms with Crippen LogP contribution >= 0.6 is 0 Å². The maximum absolute atomic E-state index is 9.29. The fraction of sp³-hybridized carbons (Fsp3) is 0.421. The fourth-order valence-electron chi connectivity index (χ4n) is 3.95. The summed E-state index contributed by atoms with van der Waals surface area (Å²) in [4.78, 5) is 0. The minimum Gasteiger partial charge on any atom is -0.494 e. The summed E-state index contributed by atoms with van der Waals surface area (Å²) in [6.45, 7) is 6.23. The molecule has 3 aromatic rings. The zero-order chi connectivity index (χ0) is 18.3. The van der Waals surface area contributed by atoms with Crippen molar-refractivity contribution in [2.45, 2.75) is 32.7 Å². The number of rotatable bonds is 3. The van der Waals surface area contributed by atoms with Gasteiger partial charge in [-0.15, -0.1) is 0 Å². The summed E-state index contributed by atoms with van der Waals surface area (Å²) < 4.78 is 9.43. The summed E-state index contributed by atoms with van der Waals surface area (Å²) in [5.74, 6) is 0.643. The van der Waals surface area contributed by atoms with E-state index in [2.05, 4.69) is 28.1 Å². The number of hydrogen-bond acceptors (Lipinski definition) is 5. The first kappa shape index (κ1) is 16.6. The lowest BCUT2D eigenvalue weighted by Crippen LogP contribution is -2.30. The van der Waals surface area contributed by atoms with Crippen molar-refractivity contribution >= 4 is 5.52 Å². The Morgan fingerprint density at radius 2 is 2.08 bits per heavy atom. The molecule has 1 aliphatic heterocycles. The second-order valence-corrected chi connectivity index (χ2v) is 6.73. The van der Waals surface area contributed by atoms with Crippen LogP contribution in [-0.2, 0) is 0 Å². The summed E-state index contributed by atoms with van der Waals surface area (Å²) in [6.07, 6.45) is 5.70. The largest absolute Gasteiger partial charge is 0.494 e. The summed E-state index contributed by atoms with van der Waals surface area (Å²) in [7, 11) is 1.62. The van der Waals surface area contributed by atoms with Gasteiger partial charge in [-0.25, -0.2) is 4.52 Å². The predicted octanol–water partition coefficient (Wildman–Crippen LogP) is 2.62. The van der Waals surface area contributed by atoms with Gasteiger partial charge in [-0.1, -0.05) is 0 Å². The van der Waals surface area contributed by atoms with Crippen molar-refractivity contribution in [1.82, 2.24) is 24.7 Å². The minimum absolute atomic E-state index is 0.434. The van der Waals surface area contributed by atoms with Crippen LogP contribution in [0.2, 0.25) is 0 Å². The molecule has 0 aliphatic carbocycles. The van der Waals surface area contributed by atoms with E-state index in [0.717, 1.165) is 48.4 Å². The van der Waals surface area contributed by atoms with Crippen molar-refractivity contribution < 1.29 is 4.74 Å². The smallest absolute Gasteiger partial charge is 0.146 e. The molecule has 0 amide bonds. The number of methoxy groups -OCH3 is 1. The Morgan fingerprint density at radius 1 is 1.31 bits per heavy atom. The maximum Gasteiger partial charge on any atom is 0.146 e. The van der Waals surface area contributed by atoms with Crippen LogP contribution in [0.15, 0.2) is 18.5 Å². The molecule has 0 unspecified atom stereocenters. The molecule has 0 bridgehead atoms. The van der Waals surface area contributed by atoms with Crippen LogP contribution < -0.4 is 10.1 Å². The molecule has 3 aromatic heterocycles. The Balaban J connectivity index is 1.85. The van der Waals surface area contributed by atoms with Gasteiger partial charge in [0.1, 0.15) is 22.9 Å². The molecule has 0 saturated carbocycles. The molecule has 0 radical (unpaired) electrons. The number of nitrogens with one attached hydrogen (secondary N) is 1. The van der Waals surface area contributed by atoms with Gasteiger partial charge in [0.25, 0.3) is 0 Å². The molecule has 4 rings (SSSR count). The third-order valence-electron chi connectivity index (χ3n) is 5.19. The first-order valence-corrected chi connectivity index (χ1v) is 8.86. The topological polar surface area (TPSA) is 80.2 Å².